The van der Waals surface area contributed by atoms with Crippen molar-refractivity contribution < 1.29 is 9.53 Å². The summed E-state index contributed by atoms with van der Waals surface area (Å²) in [6.45, 7) is 4.93. The standard InChI is InChI=1S/C12H16NO2/c1-10(2)9-15-12(14)13-8-11-6-4-3-5-7-11/h3-4,6-7,10H,8-9H2,1-2H3,(H,13,14). The van der Waals surface area contributed by atoms with Crippen LogP contribution < -0.4 is 5.32 Å². The fourth-order valence-electron chi connectivity index (χ4n) is 1.01. The van der Waals surface area contributed by atoms with Crippen LogP contribution in [0.5, 0.6) is 0 Å². The summed E-state index contributed by atoms with van der Waals surface area (Å²) >= 11 is 0. The Morgan fingerprint density at radius 3 is 3.00 bits per heavy atom. The van der Waals surface area contributed by atoms with E-state index in [1.807, 2.05) is 38.1 Å². The zero-order chi connectivity index (χ0) is 11.1. The second-order valence-electron chi connectivity index (χ2n) is 3.76. The minimum Gasteiger partial charge on any atom is -0.449 e. The van der Waals surface area contributed by atoms with Gasteiger partial charge in [-0.1, -0.05) is 32.0 Å². The fourth-order valence-corrected chi connectivity index (χ4v) is 1.01. The van der Waals surface area contributed by atoms with Crippen LogP contribution in [0.25, 0.3) is 0 Å². The van der Waals surface area contributed by atoms with Crippen LogP contribution in [0.3, 0.4) is 0 Å². The number of ether oxygens (including phenoxy) is 1. The molecule has 1 radical (unpaired) electrons. The van der Waals surface area contributed by atoms with Crippen molar-refractivity contribution in [1.82, 2.24) is 5.32 Å². The monoisotopic (exact) mass is 206 g/mol. The second kappa shape index (κ2) is 6.06. The van der Waals surface area contributed by atoms with Crippen molar-refractivity contribution in [2.24, 2.45) is 5.92 Å². The Hall–Kier alpha value is -1.51. The predicted molar refractivity (Wildman–Crippen MR) is 58.3 cm³/mol. The molecular formula is C12H16NO2. The van der Waals surface area contributed by atoms with E-state index in [1.54, 1.807) is 0 Å². The first-order chi connectivity index (χ1) is 7.18. The van der Waals surface area contributed by atoms with Gasteiger partial charge in [-0.2, -0.15) is 0 Å². The summed E-state index contributed by atoms with van der Waals surface area (Å²) in [4.78, 5) is 11.2. The van der Waals surface area contributed by atoms with Crippen LogP contribution in [-0.4, -0.2) is 12.7 Å². The molecule has 0 saturated carbocycles. The average Bonchev–Trinajstić information content (AvgIpc) is 2.25. The lowest BCUT2D eigenvalue weighted by atomic mass is 10.2. The summed E-state index contributed by atoms with van der Waals surface area (Å²) in [5.74, 6) is 0.362. The van der Waals surface area contributed by atoms with Gasteiger partial charge in [-0.25, -0.2) is 4.79 Å². The van der Waals surface area contributed by atoms with Crippen LogP contribution in [0.15, 0.2) is 24.3 Å². The van der Waals surface area contributed by atoms with Crippen molar-refractivity contribution in [3.05, 3.63) is 35.9 Å². The molecule has 1 N–H and O–H groups in total. The topological polar surface area (TPSA) is 38.3 Å². The maximum atomic E-state index is 11.2. The van der Waals surface area contributed by atoms with Crippen LogP contribution in [0, 0.1) is 12.0 Å². The molecule has 0 spiro atoms. The second-order valence-corrected chi connectivity index (χ2v) is 3.76. The number of carbonyl (C=O) groups is 1. The highest BCUT2D eigenvalue weighted by Crippen LogP contribution is 1.97. The predicted octanol–water partition coefficient (Wildman–Crippen LogP) is 2.37. The Morgan fingerprint density at radius 2 is 2.40 bits per heavy atom. The molecular weight excluding hydrogens is 190 g/mol. The highest BCUT2D eigenvalue weighted by molar-refractivity contribution is 5.67. The van der Waals surface area contributed by atoms with Gasteiger partial charge in [0.15, 0.2) is 0 Å². The average molecular weight is 206 g/mol. The lowest BCUT2D eigenvalue weighted by Gasteiger charge is -2.08. The Labute approximate surface area is 90.4 Å². The first-order valence-corrected chi connectivity index (χ1v) is 5.04. The van der Waals surface area contributed by atoms with Crippen molar-refractivity contribution in [3.8, 4) is 0 Å². The summed E-state index contributed by atoms with van der Waals surface area (Å²) in [6, 6.07) is 10.4. The largest absolute Gasteiger partial charge is 0.449 e. The number of nitrogens with one attached hydrogen (secondary N) is 1. The van der Waals surface area contributed by atoms with Gasteiger partial charge < -0.3 is 10.1 Å². The van der Waals surface area contributed by atoms with Crippen LogP contribution in [0.2, 0.25) is 0 Å². The molecule has 1 amide bonds. The van der Waals surface area contributed by atoms with Gasteiger partial charge in [0.2, 0.25) is 0 Å². The molecule has 81 valence electrons. The fraction of sp³-hybridized carbons (Fsp3) is 0.417. The van der Waals surface area contributed by atoms with Crippen molar-refractivity contribution in [1.29, 1.82) is 0 Å². The summed E-state index contributed by atoms with van der Waals surface area (Å²) in [6.07, 6.45) is -0.368. The van der Waals surface area contributed by atoms with E-state index in [1.165, 1.54) is 0 Å². The van der Waals surface area contributed by atoms with E-state index >= 15 is 0 Å². The van der Waals surface area contributed by atoms with Gasteiger partial charge in [0.05, 0.1) is 6.61 Å². The molecule has 0 fully saturated rings. The van der Waals surface area contributed by atoms with Gasteiger partial charge in [0.1, 0.15) is 0 Å². The SMILES string of the molecule is CC(C)COC(=O)NCc1c[c]ccc1. The maximum absolute atomic E-state index is 11.2. The number of hydrogen-bond donors (Lipinski definition) is 1. The van der Waals surface area contributed by atoms with E-state index in [9.17, 15) is 4.79 Å². The molecule has 0 saturated heterocycles. The van der Waals surface area contributed by atoms with Gasteiger partial charge >= 0.3 is 6.09 Å². The van der Waals surface area contributed by atoms with E-state index in [0.29, 0.717) is 19.1 Å². The Balaban J connectivity index is 2.23. The van der Waals surface area contributed by atoms with Gasteiger partial charge in [0.25, 0.3) is 0 Å². The molecule has 0 atom stereocenters. The minimum atomic E-state index is -0.368. The number of hydrogen-bond acceptors (Lipinski definition) is 2. The molecule has 1 aromatic carbocycles. The molecule has 0 aromatic heterocycles. The van der Waals surface area contributed by atoms with Crippen LogP contribution in [-0.2, 0) is 11.3 Å². The number of rotatable bonds is 4. The highest BCUT2D eigenvalue weighted by atomic mass is 16.5. The van der Waals surface area contributed by atoms with Crippen LogP contribution in [0.1, 0.15) is 19.4 Å². The quantitative estimate of drug-likeness (QED) is 0.821. The zero-order valence-electron chi connectivity index (χ0n) is 9.12. The van der Waals surface area contributed by atoms with Crippen molar-refractivity contribution in [2.45, 2.75) is 20.4 Å². The van der Waals surface area contributed by atoms with Gasteiger partial charge in [-0.05, 0) is 23.6 Å². The first kappa shape index (κ1) is 11.6. The zero-order valence-corrected chi connectivity index (χ0v) is 9.12. The number of amides is 1. The molecule has 0 unspecified atom stereocenters. The number of alkyl carbamates (subject to hydrolysis) is 1. The number of carbonyl (C=O) groups excluding carboxylic acids is 1. The van der Waals surface area contributed by atoms with Gasteiger partial charge in [-0.15, -0.1) is 0 Å². The highest BCUT2D eigenvalue weighted by Gasteiger charge is 2.02. The van der Waals surface area contributed by atoms with E-state index in [2.05, 4.69) is 11.4 Å². The molecule has 3 heteroatoms. The molecule has 0 aliphatic carbocycles. The first-order valence-electron chi connectivity index (χ1n) is 5.04. The summed E-state index contributed by atoms with van der Waals surface area (Å²) in [7, 11) is 0. The molecule has 0 aliphatic heterocycles. The molecule has 1 rings (SSSR count). The molecule has 0 heterocycles. The van der Waals surface area contributed by atoms with Crippen molar-refractivity contribution in [3.63, 3.8) is 0 Å². The normalized spacial score (nSPS) is 10.1. The third-order valence-electron chi connectivity index (χ3n) is 1.76. The van der Waals surface area contributed by atoms with Crippen molar-refractivity contribution in [2.75, 3.05) is 6.61 Å². The summed E-state index contributed by atoms with van der Waals surface area (Å²) in [5.41, 5.74) is 1.01. The van der Waals surface area contributed by atoms with Crippen LogP contribution >= 0.6 is 0 Å². The lowest BCUT2D eigenvalue weighted by molar-refractivity contribution is 0.132. The third-order valence-corrected chi connectivity index (χ3v) is 1.76. The third kappa shape index (κ3) is 5.05. The molecule has 3 nitrogen and oxygen atoms in total. The summed E-state index contributed by atoms with van der Waals surface area (Å²) < 4.78 is 4.96. The Morgan fingerprint density at radius 1 is 1.60 bits per heavy atom. The van der Waals surface area contributed by atoms with E-state index in [-0.39, 0.29) is 6.09 Å². The van der Waals surface area contributed by atoms with Crippen LogP contribution in [0.4, 0.5) is 4.79 Å². The van der Waals surface area contributed by atoms with E-state index in [0.717, 1.165) is 5.56 Å². The Kier molecular flexibility index (Phi) is 4.68. The van der Waals surface area contributed by atoms with E-state index < -0.39 is 0 Å². The smallest absolute Gasteiger partial charge is 0.407 e. The van der Waals surface area contributed by atoms with E-state index in [4.69, 9.17) is 4.74 Å². The minimum absolute atomic E-state index is 0.362. The Bertz CT molecular complexity index is 296. The molecule has 15 heavy (non-hydrogen) atoms. The maximum Gasteiger partial charge on any atom is 0.407 e. The lowest BCUT2D eigenvalue weighted by Crippen LogP contribution is -2.25. The summed E-state index contributed by atoms with van der Waals surface area (Å²) in [5, 5.41) is 2.67. The van der Waals surface area contributed by atoms with Gasteiger partial charge in [-0.3, -0.25) is 0 Å². The van der Waals surface area contributed by atoms with Crippen molar-refractivity contribution >= 4 is 6.09 Å². The molecule has 0 bridgehead atoms. The van der Waals surface area contributed by atoms with Gasteiger partial charge in [0, 0.05) is 6.54 Å². The number of benzene rings is 1. The molecule has 0 aliphatic rings. The molecule has 1 aromatic rings.